The van der Waals surface area contributed by atoms with Gasteiger partial charge in [0, 0.05) is 30.2 Å². The van der Waals surface area contributed by atoms with E-state index in [9.17, 15) is 4.79 Å². The summed E-state index contributed by atoms with van der Waals surface area (Å²) in [4.78, 5) is 16.4. The molecule has 0 aliphatic heterocycles. The van der Waals surface area contributed by atoms with Crippen molar-refractivity contribution in [2.45, 2.75) is 26.3 Å². The number of anilines is 1. The quantitative estimate of drug-likeness (QED) is 0.520. The summed E-state index contributed by atoms with van der Waals surface area (Å²) in [6.07, 6.45) is 5.73. The molecule has 1 aromatic carbocycles. The molecule has 140 valence electrons. The van der Waals surface area contributed by atoms with Crippen molar-refractivity contribution in [3.05, 3.63) is 65.1 Å². The second-order valence-electron chi connectivity index (χ2n) is 6.13. The Kier molecular flexibility index (Phi) is 6.82. The molecule has 0 saturated heterocycles. The molecule has 5 nitrogen and oxygen atoms in total. The van der Waals surface area contributed by atoms with Crippen LogP contribution in [0.25, 0.3) is 11.1 Å². The summed E-state index contributed by atoms with van der Waals surface area (Å²) in [6.45, 7) is 3.25. The van der Waals surface area contributed by atoms with Crippen molar-refractivity contribution < 1.29 is 9.53 Å². The number of carbonyl (C=O) groups is 1. The zero-order valence-electron chi connectivity index (χ0n) is 15.3. The van der Waals surface area contributed by atoms with Gasteiger partial charge < -0.3 is 15.4 Å². The lowest BCUT2D eigenvalue weighted by atomic mass is 10.1. The number of carbonyl (C=O) groups excluding carboxylic acids is 1. The first-order valence-corrected chi connectivity index (χ1v) is 9.93. The number of hydrogen-bond acceptors (Lipinski definition) is 4. The van der Waals surface area contributed by atoms with Gasteiger partial charge in [0.25, 0.3) is 0 Å². The molecule has 0 atom stereocenters. The molecule has 2 aromatic heterocycles. The van der Waals surface area contributed by atoms with Crippen molar-refractivity contribution in [2.24, 2.45) is 0 Å². The van der Waals surface area contributed by atoms with E-state index in [0.29, 0.717) is 13.2 Å². The minimum Gasteiger partial charge on any atom is -0.494 e. The minimum absolute atomic E-state index is 0.254. The topological polar surface area (TPSA) is 63.2 Å². The number of benzene rings is 1. The molecule has 2 amide bonds. The maximum atomic E-state index is 12.1. The number of hydrogen-bond donors (Lipinski definition) is 2. The van der Waals surface area contributed by atoms with Gasteiger partial charge in [0.2, 0.25) is 0 Å². The number of pyridine rings is 1. The molecule has 0 fully saturated rings. The molecule has 0 unspecified atom stereocenters. The number of nitrogens with one attached hydrogen (secondary N) is 2. The molecular weight excluding hydrogens is 358 g/mol. The minimum atomic E-state index is -0.254. The van der Waals surface area contributed by atoms with Crippen LogP contribution in [0.2, 0.25) is 0 Å². The molecule has 0 aliphatic carbocycles. The van der Waals surface area contributed by atoms with E-state index in [1.165, 1.54) is 0 Å². The fourth-order valence-electron chi connectivity index (χ4n) is 2.50. The number of unbranched alkanes of at least 4 members (excludes halogenated alkanes) is 1. The molecule has 0 saturated carbocycles. The van der Waals surface area contributed by atoms with Crippen molar-refractivity contribution in [1.82, 2.24) is 10.3 Å². The van der Waals surface area contributed by atoms with Crippen LogP contribution in [0.1, 0.15) is 25.3 Å². The molecular formula is C21H23N3O2S. The largest absolute Gasteiger partial charge is 0.494 e. The number of nitrogens with zero attached hydrogens (tertiary/aromatic N) is 1. The lowest BCUT2D eigenvalue weighted by Gasteiger charge is -2.10. The van der Waals surface area contributed by atoms with Crippen LogP contribution in [0.4, 0.5) is 10.5 Å². The van der Waals surface area contributed by atoms with E-state index in [0.717, 1.165) is 41.0 Å². The fraction of sp³-hybridized carbons (Fsp3) is 0.238. The van der Waals surface area contributed by atoms with Gasteiger partial charge in [-0.3, -0.25) is 4.98 Å². The van der Waals surface area contributed by atoms with Gasteiger partial charge in [-0.15, -0.1) is 0 Å². The van der Waals surface area contributed by atoms with Gasteiger partial charge in [0.15, 0.2) is 0 Å². The van der Waals surface area contributed by atoms with Crippen LogP contribution in [-0.2, 0) is 6.54 Å². The van der Waals surface area contributed by atoms with Gasteiger partial charge in [0.05, 0.1) is 6.61 Å². The van der Waals surface area contributed by atoms with Crippen LogP contribution >= 0.6 is 11.3 Å². The van der Waals surface area contributed by atoms with E-state index in [1.54, 1.807) is 17.5 Å². The first kappa shape index (κ1) is 18.9. The van der Waals surface area contributed by atoms with Crippen LogP contribution in [-0.4, -0.2) is 17.6 Å². The Hall–Kier alpha value is -2.86. The predicted molar refractivity (Wildman–Crippen MR) is 110 cm³/mol. The Bertz CT molecular complexity index is 848. The summed E-state index contributed by atoms with van der Waals surface area (Å²) < 4.78 is 5.62. The first-order chi connectivity index (χ1) is 13.2. The average Bonchev–Trinajstić information content (AvgIpc) is 3.23. The third-order valence-electron chi connectivity index (χ3n) is 3.98. The first-order valence-electron chi connectivity index (χ1n) is 8.99. The molecule has 2 N–H and O–H groups in total. The van der Waals surface area contributed by atoms with E-state index in [1.807, 2.05) is 41.9 Å². The van der Waals surface area contributed by atoms with Gasteiger partial charge in [-0.05, 0) is 64.7 Å². The van der Waals surface area contributed by atoms with Gasteiger partial charge in [-0.25, -0.2) is 4.79 Å². The van der Waals surface area contributed by atoms with Crippen molar-refractivity contribution >= 4 is 23.1 Å². The smallest absolute Gasteiger partial charge is 0.319 e. The van der Waals surface area contributed by atoms with E-state index in [2.05, 4.69) is 34.0 Å². The molecule has 27 heavy (non-hydrogen) atoms. The Morgan fingerprint density at radius 3 is 2.74 bits per heavy atom. The van der Waals surface area contributed by atoms with Crippen molar-refractivity contribution in [3.8, 4) is 16.9 Å². The summed E-state index contributed by atoms with van der Waals surface area (Å²) in [6, 6.07) is 11.2. The highest BCUT2D eigenvalue weighted by atomic mass is 32.1. The van der Waals surface area contributed by atoms with Crippen LogP contribution in [0.3, 0.4) is 0 Å². The Morgan fingerprint density at radius 2 is 2.00 bits per heavy atom. The molecule has 0 bridgehead atoms. The molecule has 0 spiro atoms. The summed E-state index contributed by atoms with van der Waals surface area (Å²) in [7, 11) is 0. The maximum absolute atomic E-state index is 12.1. The van der Waals surface area contributed by atoms with Crippen LogP contribution in [0.5, 0.6) is 5.75 Å². The number of aromatic nitrogens is 1. The van der Waals surface area contributed by atoms with Crippen LogP contribution in [0, 0.1) is 0 Å². The third-order valence-corrected chi connectivity index (χ3v) is 4.66. The lowest BCUT2D eigenvalue weighted by Crippen LogP contribution is -2.28. The molecule has 3 aromatic rings. The molecule has 0 aliphatic rings. The summed E-state index contributed by atoms with van der Waals surface area (Å²) in [5.74, 6) is 0.811. The number of rotatable bonds is 8. The predicted octanol–water partition coefficient (Wildman–Crippen LogP) is 5.31. The van der Waals surface area contributed by atoms with E-state index < -0.39 is 0 Å². The summed E-state index contributed by atoms with van der Waals surface area (Å²) in [5, 5.41) is 9.80. The van der Waals surface area contributed by atoms with Crippen LogP contribution in [0.15, 0.2) is 59.6 Å². The second-order valence-corrected chi connectivity index (χ2v) is 6.91. The normalized spacial score (nSPS) is 10.4. The van der Waals surface area contributed by atoms with Crippen molar-refractivity contribution in [1.29, 1.82) is 0 Å². The van der Waals surface area contributed by atoms with E-state index >= 15 is 0 Å². The summed E-state index contributed by atoms with van der Waals surface area (Å²) >= 11 is 1.65. The highest BCUT2D eigenvalue weighted by molar-refractivity contribution is 7.08. The molecule has 6 heteroatoms. The highest BCUT2D eigenvalue weighted by Crippen LogP contribution is 2.22. The SMILES string of the molecule is CCCCOc1ccc(NC(=O)NCc2cncc(-c3ccsc3)c2)cc1. The van der Waals surface area contributed by atoms with E-state index in [4.69, 9.17) is 4.74 Å². The van der Waals surface area contributed by atoms with E-state index in [-0.39, 0.29) is 6.03 Å². The van der Waals surface area contributed by atoms with Crippen LogP contribution < -0.4 is 15.4 Å². The van der Waals surface area contributed by atoms with Gasteiger partial charge in [-0.1, -0.05) is 13.3 Å². The zero-order valence-corrected chi connectivity index (χ0v) is 16.1. The van der Waals surface area contributed by atoms with Crippen molar-refractivity contribution in [2.75, 3.05) is 11.9 Å². The Balaban J connectivity index is 1.49. The highest BCUT2D eigenvalue weighted by Gasteiger charge is 2.05. The molecule has 3 rings (SSSR count). The standard InChI is InChI=1S/C21H23N3O2S/c1-2-3-9-26-20-6-4-19(5-7-20)24-21(25)23-13-16-11-18(14-22-12-16)17-8-10-27-15-17/h4-8,10-12,14-15H,2-3,9,13H2,1H3,(H2,23,24,25). The molecule has 0 radical (unpaired) electrons. The number of thiophene rings is 1. The van der Waals surface area contributed by atoms with Crippen molar-refractivity contribution in [3.63, 3.8) is 0 Å². The second kappa shape index (κ2) is 9.73. The zero-order chi connectivity index (χ0) is 18.9. The fourth-order valence-corrected chi connectivity index (χ4v) is 3.16. The Labute approximate surface area is 163 Å². The van der Waals surface area contributed by atoms with Gasteiger partial charge >= 0.3 is 6.03 Å². The number of ether oxygens (including phenoxy) is 1. The average molecular weight is 382 g/mol. The number of urea groups is 1. The summed E-state index contributed by atoms with van der Waals surface area (Å²) in [5.41, 5.74) is 3.86. The maximum Gasteiger partial charge on any atom is 0.319 e. The van der Waals surface area contributed by atoms with Gasteiger partial charge in [-0.2, -0.15) is 11.3 Å². The van der Waals surface area contributed by atoms with Gasteiger partial charge in [0.1, 0.15) is 5.75 Å². The molecule has 2 heterocycles. The third kappa shape index (κ3) is 5.82. The Morgan fingerprint density at radius 1 is 1.15 bits per heavy atom. The monoisotopic (exact) mass is 381 g/mol. The lowest BCUT2D eigenvalue weighted by molar-refractivity contribution is 0.251. The number of amides is 2.